The van der Waals surface area contributed by atoms with E-state index in [1.54, 1.807) is 21.5 Å². The van der Waals surface area contributed by atoms with Gasteiger partial charge >= 0.3 is 0 Å². The molecule has 31 heavy (non-hydrogen) atoms. The van der Waals surface area contributed by atoms with Gasteiger partial charge in [0.1, 0.15) is 0 Å². The maximum absolute atomic E-state index is 12.9. The van der Waals surface area contributed by atoms with Gasteiger partial charge in [-0.15, -0.1) is 0 Å². The van der Waals surface area contributed by atoms with Gasteiger partial charge in [0.15, 0.2) is 0 Å². The van der Waals surface area contributed by atoms with Crippen LogP contribution < -0.4 is 10.3 Å². The van der Waals surface area contributed by atoms with E-state index in [1.807, 2.05) is 58.3 Å². The summed E-state index contributed by atoms with van der Waals surface area (Å²) in [5, 5.41) is 1.03. The highest BCUT2D eigenvalue weighted by Crippen LogP contribution is 2.19. The van der Waals surface area contributed by atoms with E-state index in [0.29, 0.717) is 5.69 Å². The van der Waals surface area contributed by atoms with E-state index in [9.17, 15) is 13.2 Å². The number of aromatic amines is 1. The summed E-state index contributed by atoms with van der Waals surface area (Å²) in [4.78, 5) is 16.1. The number of H-pyrrole nitrogens is 1. The number of benzene rings is 2. The number of sulfonamides is 1. The molecule has 0 aliphatic carbocycles. The fraction of sp³-hybridized carbons (Fsp3) is 0.261. The topological polar surface area (TPSA) is 88.9 Å². The Kier molecular flexibility index (Phi) is 5.36. The Bertz CT molecular complexity index is 1410. The third-order valence-electron chi connectivity index (χ3n) is 5.65. The summed E-state index contributed by atoms with van der Waals surface area (Å²) in [5.74, 6) is 0.106. The first-order valence-electron chi connectivity index (χ1n) is 10.1. The zero-order chi connectivity index (χ0) is 22.3. The molecule has 162 valence electrons. The summed E-state index contributed by atoms with van der Waals surface area (Å²) < 4.78 is 31.5. The number of nitrogens with zero attached hydrogens (tertiary/aromatic N) is 2. The molecule has 8 heteroatoms. The molecule has 0 unspecified atom stereocenters. The first-order chi connectivity index (χ1) is 14.7. The summed E-state index contributed by atoms with van der Waals surface area (Å²) >= 11 is 0. The quantitative estimate of drug-likeness (QED) is 0.482. The van der Waals surface area contributed by atoms with E-state index in [1.165, 1.54) is 12.1 Å². The largest absolute Gasteiger partial charge is 0.361 e. The summed E-state index contributed by atoms with van der Waals surface area (Å²) in [6.07, 6.45) is 1.85. The lowest BCUT2D eigenvalue weighted by Gasteiger charge is -2.10. The van der Waals surface area contributed by atoms with Gasteiger partial charge in [0.2, 0.25) is 10.0 Å². The number of hydrogen-bond acceptors (Lipinski definition) is 3. The second-order valence-electron chi connectivity index (χ2n) is 8.01. The lowest BCUT2D eigenvalue weighted by molar-refractivity contribution is 0.581. The standard InChI is InChI=1S/C23H26N4O3S/c1-15(2)22-16(3)26(4)27(23(22)28)19-6-8-20(9-7-19)31(29,30)25-14-17-5-10-21-18(13-17)11-12-24-21/h5-13,15,24-25H,14H2,1-4H3. The maximum Gasteiger partial charge on any atom is 0.275 e. The van der Waals surface area contributed by atoms with Gasteiger partial charge in [0.25, 0.3) is 5.56 Å². The van der Waals surface area contributed by atoms with Crippen molar-refractivity contribution in [2.45, 2.75) is 38.1 Å². The van der Waals surface area contributed by atoms with Gasteiger partial charge in [0, 0.05) is 36.6 Å². The number of rotatable bonds is 6. The van der Waals surface area contributed by atoms with Crippen LogP contribution in [0.3, 0.4) is 0 Å². The molecule has 0 atom stereocenters. The van der Waals surface area contributed by atoms with Crippen LogP contribution in [0.25, 0.3) is 16.6 Å². The van der Waals surface area contributed by atoms with Gasteiger partial charge < -0.3 is 4.98 Å². The lowest BCUT2D eigenvalue weighted by Crippen LogP contribution is -2.24. The molecule has 2 heterocycles. The van der Waals surface area contributed by atoms with Crippen molar-refractivity contribution in [3.63, 3.8) is 0 Å². The maximum atomic E-state index is 12.9. The van der Waals surface area contributed by atoms with Gasteiger partial charge in [-0.2, -0.15) is 0 Å². The smallest absolute Gasteiger partial charge is 0.275 e. The van der Waals surface area contributed by atoms with E-state index in [-0.39, 0.29) is 22.9 Å². The Labute approximate surface area is 181 Å². The number of nitrogens with one attached hydrogen (secondary N) is 2. The Morgan fingerprint density at radius 1 is 1.06 bits per heavy atom. The van der Waals surface area contributed by atoms with E-state index in [4.69, 9.17) is 0 Å². The van der Waals surface area contributed by atoms with Crippen LogP contribution >= 0.6 is 0 Å². The highest BCUT2D eigenvalue weighted by atomic mass is 32.2. The second-order valence-corrected chi connectivity index (χ2v) is 9.78. The van der Waals surface area contributed by atoms with Crippen LogP contribution in [0.4, 0.5) is 0 Å². The molecule has 7 nitrogen and oxygen atoms in total. The molecule has 2 aromatic carbocycles. The minimum atomic E-state index is -3.69. The molecule has 0 bridgehead atoms. The normalized spacial score (nSPS) is 12.2. The highest BCUT2D eigenvalue weighted by molar-refractivity contribution is 7.89. The monoisotopic (exact) mass is 438 g/mol. The van der Waals surface area contributed by atoms with Crippen molar-refractivity contribution in [1.29, 1.82) is 0 Å². The van der Waals surface area contributed by atoms with Crippen molar-refractivity contribution < 1.29 is 8.42 Å². The van der Waals surface area contributed by atoms with Gasteiger partial charge in [-0.25, -0.2) is 17.8 Å². The Morgan fingerprint density at radius 2 is 1.77 bits per heavy atom. The van der Waals surface area contributed by atoms with E-state index < -0.39 is 10.0 Å². The SMILES string of the molecule is Cc1c(C(C)C)c(=O)n(-c2ccc(S(=O)(=O)NCc3ccc4[nH]ccc4c3)cc2)n1C. The van der Waals surface area contributed by atoms with Gasteiger partial charge in [-0.3, -0.25) is 9.48 Å². The van der Waals surface area contributed by atoms with E-state index >= 15 is 0 Å². The van der Waals surface area contributed by atoms with Crippen molar-refractivity contribution in [3.05, 3.63) is 81.9 Å². The molecule has 0 spiro atoms. The molecule has 0 fully saturated rings. The zero-order valence-electron chi connectivity index (χ0n) is 18.0. The zero-order valence-corrected chi connectivity index (χ0v) is 18.8. The molecule has 0 aliphatic rings. The predicted octanol–water partition coefficient (Wildman–Crippen LogP) is 3.57. The van der Waals surface area contributed by atoms with Crippen molar-refractivity contribution in [3.8, 4) is 5.69 Å². The molecule has 2 N–H and O–H groups in total. The van der Waals surface area contributed by atoms with Crippen molar-refractivity contribution in [2.24, 2.45) is 7.05 Å². The molecular weight excluding hydrogens is 412 g/mol. The van der Waals surface area contributed by atoms with Crippen LogP contribution in [0.2, 0.25) is 0 Å². The molecule has 2 aromatic heterocycles. The summed E-state index contributed by atoms with van der Waals surface area (Å²) in [6, 6.07) is 14.1. The first-order valence-corrected chi connectivity index (χ1v) is 11.6. The fourth-order valence-electron chi connectivity index (χ4n) is 3.93. The van der Waals surface area contributed by atoms with Gasteiger partial charge in [-0.05, 0) is 66.3 Å². The molecule has 0 saturated carbocycles. The molecule has 0 amide bonds. The minimum absolute atomic E-state index is 0.0797. The van der Waals surface area contributed by atoms with E-state index in [0.717, 1.165) is 27.7 Å². The molecule has 4 rings (SSSR count). The van der Waals surface area contributed by atoms with E-state index in [2.05, 4.69) is 9.71 Å². The number of hydrogen-bond donors (Lipinski definition) is 2. The van der Waals surface area contributed by atoms with Gasteiger partial charge in [0.05, 0.1) is 10.6 Å². The third-order valence-corrected chi connectivity index (χ3v) is 7.07. The number of aromatic nitrogens is 3. The molecule has 4 aromatic rings. The lowest BCUT2D eigenvalue weighted by atomic mass is 10.0. The number of fused-ring (bicyclic) bond motifs is 1. The molecule has 0 saturated heterocycles. The van der Waals surface area contributed by atoms with Crippen molar-refractivity contribution in [2.75, 3.05) is 0 Å². The molecular formula is C23H26N4O3S. The summed E-state index contributed by atoms with van der Waals surface area (Å²) in [6.45, 7) is 6.09. The average Bonchev–Trinajstić information content (AvgIpc) is 3.28. The summed E-state index contributed by atoms with van der Waals surface area (Å²) in [5.41, 5.74) is 4.09. The highest BCUT2D eigenvalue weighted by Gasteiger charge is 2.19. The summed E-state index contributed by atoms with van der Waals surface area (Å²) in [7, 11) is -1.86. The van der Waals surface area contributed by atoms with Crippen LogP contribution in [0.1, 0.15) is 36.6 Å². The van der Waals surface area contributed by atoms with Gasteiger partial charge in [-0.1, -0.05) is 19.9 Å². The van der Waals surface area contributed by atoms with Crippen LogP contribution in [-0.4, -0.2) is 22.8 Å². The molecule has 0 aliphatic heterocycles. The molecule has 0 radical (unpaired) electrons. The van der Waals surface area contributed by atoms with Crippen LogP contribution in [-0.2, 0) is 23.6 Å². The Hall–Kier alpha value is -3.10. The Morgan fingerprint density at radius 3 is 2.42 bits per heavy atom. The first kappa shape index (κ1) is 21.1. The third kappa shape index (κ3) is 3.84. The van der Waals surface area contributed by atoms with Crippen LogP contribution in [0.15, 0.2) is 64.4 Å². The Balaban J connectivity index is 1.57. The minimum Gasteiger partial charge on any atom is -0.361 e. The predicted molar refractivity (Wildman–Crippen MR) is 122 cm³/mol. The van der Waals surface area contributed by atoms with Crippen molar-refractivity contribution in [1.82, 2.24) is 19.1 Å². The average molecular weight is 439 g/mol. The van der Waals surface area contributed by atoms with Crippen molar-refractivity contribution >= 4 is 20.9 Å². The fourth-order valence-corrected chi connectivity index (χ4v) is 4.94. The van der Waals surface area contributed by atoms with Crippen LogP contribution in [0.5, 0.6) is 0 Å². The van der Waals surface area contributed by atoms with Crippen LogP contribution in [0, 0.1) is 6.92 Å². The second kappa shape index (κ2) is 7.86.